The summed E-state index contributed by atoms with van der Waals surface area (Å²) in [5.41, 5.74) is 1.53. The highest BCUT2D eigenvalue weighted by atomic mass is 32.2. The smallest absolute Gasteiger partial charge is 0.322 e. The molecule has 1 aromatic heterocycles. The Kier molecular flexibility index (Phi) is 3.78. The van der Waals surface area contributed by atoms with Crippen LogP contribution >= 0.6 is 11.3 Å². The summed E-state index contributed by atoms with van der Waals surface area (Å²) in [4.78, 5) is 13.4. The second-order valence-corrected chi connectivity index (χ2v) is 6.64. The van der Waals surface area contributed by atoms with Crippen molar-refractivity contribution in [3.63, 3.8) is 0 Å². The molecule has 1 N–H and O–H groups in total. The molecular weight excluding hydrogens is 278 g/mol. The van der Waals surface area contributed by atoms with E-state index in [9.17, 15) is 13.2 Å². The maximum absolute atomic E-state index is 11.8. The SMILES string of the molecule is CS(=O)(=O)N1CCN(C(=O)Nc2nncs2)CC1. The summed E-state index contributed by atoms with van der Waals surface area (Å²) >= 11 is 1.23. The number of carbonyl (C=O) groups excluding carboxylic acids is 1. The third-order valence-corrected chi connectivity index (χ3v) is 4.48. The molecule has 0 spiro atoms. The fraction of sp³-hybridized carbons (Fsp3) is 0.625. The van der Waals surface area contributed by atoms with Crippen LogP contribution in [0.4, 0.5) is 9.93 Å². The molecule has 2 rings (SSSR count). The molecule has 1 saturated heterocycles. The van der Waals surface area contributed by atoms with Crippen LogP contribution < -0.4 is 5.32 Å². The van der Waals surface area contributed by atoms with E-state index in [1.54, 1.807) is 4.90 Å². The lowest BCUT2D eigenvalue weighted by Gasteiger charge is -2.32. The summed E-state index contributed by atoms with van der Waals surface area (Å²) in [5.74, 6) is 0. The predicted molar refractivity (Wildman–Crippen MR) is 66.9 cm³/mol. The number of rotatable bonds is 2. The molecule has 18 heavy (non-hydrogen) atoms. The average Bonchev–Trinajstić information content (AvgIpc) is 2.81. The number of hydrogen-bond acceptors (Lipinski definition) is 6. The van der Waals surface area contributed by atoms with Gasteiger partial charge in [0.05, 0.1) is 6.26 Å². The van der Waals surface area contributed by atoms with Gasteiger partial charge in [0.15, 0.2) is 0 Å². The molecule has 0 unspecified atom stereocenters. The Balaban J connectivity index is 1.88. The minimum Gasteiger partial charge on any atom is -0.322 e. The summed E-state index contributed by atoms with van der Waals surface area (Å²) in [5, 5.41) is 10.4. The van der Waals surface area contributed by atoms with Gasteiger partial charge in [-0.2, -0.15) is 4.31 Å². The third kappa shape index (κ3) is 3.15. The number of nitrogens with zero attached hydrogens (tertiary/aromatic N) is 4. The zero-order valence-corrected chi connectivity index (χ0v) is 11.4. The van der Waals surface area contributed by atoms with E-state index in [0.717, 1.165) is 0 Å². The van der Waals surface area contributed by atoms with Crippen LogP contribution in [0, 0.1) is 0 Å². The van der Waals surface area contributed by atoms with Crippen molar-refractivity contribution in [2.24, 2.45) is 0 Å². The van der Waals surface area contributed by atoms with Crippen LogP contribution in [-0.2, 0) is 10.0 Å². The predicted octanol–water partition coefficient (Wildman–Crippen LogP) is -0.353. The topological polar surface area (TPSA) is 95.5 Å². The number of urea groups is 1. The molecule has 1 fully saturated rings. The van der Waals surface area contributed by atoms with Gasteiger partial charge in [0, 0.05) is 26.2 Å². The van der Waals surface area contributed by atoms with Crippen LogP contribution in [0.2, 0.25) is 0 Å². The lowest BCUT2D eigenvalue weighted by molar-refractivity contribution is 0.184. The molecule has 2 heterocycles. The van der Waals surface area contributed by atoms with Gasteiger partial charge < -0.3 is 4.90 Å². The first-order chi connectivity index (χ1) is 8.47. The highest BCUT2D eigenvalue weighted by Crippen LogP contribution is 2.11. The zero-order chi connectivity index (χ0) is 13.2. The van der Waals surface area contributed by atoms with E-state index in [1.807, 2.05) is 0 Å². The first kappa shape index (κ1) is 13.2. The van der Waals surface area contributed by atoms with E-state index in [1.165, 1.54) is 27.4 Å². The van der Waals surface area contributed by atoms with Crippen LogP contribution in [0.15, 0.2) is 5.51 Å². The van der Waals surface area contributed by atoms with Crippen LogP contribution in [-0.4, -0.2) is 66.3 Å². The number of hydrogen-bond donors (Lipinski definition) is 1. The number of aromatic nitrogens is 2. The Labute approximate surface area is 109 Å². The Morgan fingerprint density at radius 1 is 1.39 bits per heavy atom. The van der Waals surface area contributed by atoms with E-state index in [0.29, 0.717) is 31.3 Å². The molecule has 1 aliphatic rings. The van der Waals surface area contributed by atoms with Crippen molar-refractivity contribution in [2.45, 2.75) is 0 Å². The summed E-state index contributed by atoms with van der Waals surface area (Å²) in [6.07, 6.45) is 1.17. The number of carbonyl (C=O) groups is 1. The number of nitrogens with one attached hydrogen (secondary N) is 1. The van der Waals surface area contributed by atoms with Crippen LogP contribution in [0.1, 0.15) is 0 Å². The van der Waals surface area contributed by atoms with Crippen molar-refractivity contribution in [1.29, 1.82) is 0 Å². The van der Waals surface area contributed by atoms with Gasteiger partial charge >= 0.3 is 6.03 Å². The molecule has 2 amide bonds. The lowest BCUT2D eigenvalue weighted by Crippen LogP contribution is -2.51. The molecule has 0 bridgehead atoms. The van der Waals surface area contributed by atoms with Gasteiger partial charge in [0.25, 0.3) is 0 Å². The van der Waals surface area contributed by atoms with Crippen molar-refractivity contribution in [3.05, 3.63) is 5.51 Å². The van der Waals surface area contributed by atoms with Gasteiger partial charge in [-0.15, -0.1) is 10.2 Å². The highest BCUT2D eigenvalue weighted by molar-refractivity contribution is 7.88. The van der Waals surface area contributed by atoms with Gasteiger partial charge in [-0.05, 0) is 0 Å². The van der Waals surface area contributed by atoms with Crippen molar-refractivity contribution < 1.29 is 13.2 Å². The monoisotopic (exact) mass is 291 g/mol. The fourth-order valence-electron chi connectivity index (χ4n) is 1.62. The van der Waals surface area contributed by atoms with Crippen LogP contribution in [0.25, 0.3) is 0 Å². The molecule has 0 radical (unpaired) electrons. The average molecular weight is 291 g/mol. The Bertz CT molecular complexity index is 507. The van der Waals surface area contributed by atoms with Crippen molar-refractivity contribution >= 4 is 32.5 Å². The normalized spacial score (nSPS) is 17.7. The standard InChI is InChI=1S/C8H13N5O3S2/c1-18(15,16)13-4-2-12(3-5-13)8(14)10-7-11-9-6-17-7/h6H,2-5H2,1H3,(H,10,11,14). The highest BCUT2D eigenvalue weighted by Gasteiger charge is 2.26. The van der Waals surface area contributed by atoms with E-state index in [2.05, 4.69) is 15.5 Å². The molecule has 8 nitrogen and oxygen atoms in total. The number of anilines is 1. The molecule has 10 heteroatoms. The summed E-state index contributed by atoms with van der Waals surface area (Å²) in [6, 6.07) is -0.278. The number of sulfonamides is 1. The van der Waals surface area contributed by atoms with Crippen LogP contribution in [0.3, 0.4) is 0 Å². The first-order valence-electron chi connectivity index (χ1n) is 5.24. The number of piperazine rings is 1. The maximum Gasteiger partial charge on any atom is 0.323 e. The first-order valence-corrected chi connectivity index (χ1v) is 7.97. The lowest BCUT2D eigenvalue weighted by atomic mass is 10.4. The summed E-state index contributed by atoms with van der Waals surface area (Å²) < 4.78 is 24.0. The second-order valence-electron chi connectivity index (χ2n) is 3.82. The van der Waals surface area contributed by atoms with E-state index >= 15 is 0 Å². The van der Waals surface area contributed by atoms with E-state index in [4.69, 9.17) is 0 Å². The van der Waals surface area contributed by atoms with Crippen molar-refractivity contribution in [3.8, 4) is 0 Å². The third-order valence-electron chi connectivity index (χ3n) is 2.57. The Hall–Kier alpha value is -1.26. The van der Waals surface area contributed by atoms with Gasteiger partial charge in [-0.25, -0.2) is 13.2 Å². The Morgan fingerprint density at radius 2 is 2.06 bits per heavy atom. The molecular formula is C8H13N5O3S2. The fourth-order valence-corrected chi connectivity index (χ4v) is 2.88. The van der Waals surface area contributed by atoms with Gasteiger partial charge in [-0.1, -0.05) is 11.3 Å². The van der Waals surface area contributed by atoms with Gasteiger partial charge in [-0.3, -0.25) is 5.32 Å². The molecule has 0 atom stereocenters. The minimum absolute atomic E-state index is 0.278. The summed E-state index contributed by atoms with van der Waals surface area (Å²) in [6.45, 7) is 1.39. The van der Waals surface area contributed by atoms with Crippen LogP contribution in [0.5, 0.6) is 0 Å². The van der Waals surface area contributed by atoms with Crippen molar-refractivity contribution in [2.75, 3.05) is 37.8 Å². The molecule has 100 valence electrons. The zero-order valence-electron chi connectivity index (χ0n) is 9.74. The molecule has 1 aromatic rings. The second kappa shape index (κ2) is 5.16. The van der Waals surface area contributed by atoms with Crippen molar-refractivity contribution in [1.82, 2.24) is 19.4 Å². The molecule has 0 saturated carbocycles. The van der Waals surface area contributed by atoms with E-state index in [-0.39, 0.29) is 6.03 Å². The summed E-state index contributed by atoms with van der Waals surface area (Å²) in [7, 11) is -3.17. The number of amides is 2. The molecule has 0 aromatic carbocycles. The van der Waals surface area contributed by atoms with Gasteiger partial charge in [0.2, 0.25) is 15.2 Å². The quantitative estimate of drug-likeness (QED) is 0.803. The molecule has 0 aliphatic carbocycles. The van der Waals surface area contributed by atoms with Gasteiger partial charge in [0.1, 0.15) is 5.51 Å². The van der Waals surface area contributed by atoms with E-state index < -0.39 is 10.0 Å². The maximum atomic E-state index is 11.8. The minimum atomic E-state index is -3.17. The Morgan fingerprint density at radius 3 is 2.56 bits per heavy atom. The molecule has 1 aliphatic heterocycles. The largest absolute Gasteiger partial charge is 0.323 e.